The first-order chi connectivity index (χ1) is 17.7. The third-order valence-corrected chi connectivity index (χ3v) is 7.81. The lowest BCUT2D eigenvalue weighted by molar-refractivity contribution is 0.0721. The summed E-state index contributed by atoms with van der Waals surface area (Å²) in [5.74, 6) is 0.974. The standard InChI is InChI=1S/C29H35N5O2/c1-31-28(25-9-5-6-10-26(25)30-31)29(35)34-17-18-36-27-12-11-22(19-23(27)21-34)20-32-13-15-33(16-14-32)24-7-3-2-4-8-24/h2-4,7-8,11-12,19H,5-6,9-10,13-18,20-21H2,1H3. The van der Waals surface area contributed by atoms with Crippen LogP contribution in [0, 0.1) is 0 Å². The maximum Gasteiger partial charge on any atom is 0.272 e. The van der Waals surface area contributed by atoms with E-state index >= 15 is 0 Å². The van der Waals surface area contributed by atoms with Gasteiger partial charge in [0.25, 0.3) is 5.91 Å². The number of anilines is 1. The Balaban J connectivity index is 1.14. The summed E-state index contributed by atoms with van der Waals surface area (Å²) < 4.78 is 7.86. The first kappa shape index (κ1) is 23.1. The van der Waals surface area contributed by atoms with E-state index in [0.717, 1.165) is 86.7 Å². The summed E-state index contributed by atoms with van der Waals surface area (Å²) in [6.45, 7) is 6.74. The monoisotopic (exact) mass is 485 g/mol. The normalized spacial score (nSPS) is 18.2. The van der Waals surface area contributed by atoms with E-state index in [2.05, 4.69) is 63.4 Å². The number of nitrogens with zero attached hydrogens (tertiary/aromatic N) is 5. The quantitative estimate of drug-likeness (QED) is 0.565. The van der Waals surface area contributed by atoms with Crippen molar-refractivity contribution in [3.05, 3.63) is 76.6 Å². The zero-order valence-corrected chi connectivity index (χ0v) is 21.2. The van der Waals surface area contributed by atoms with Crippen LogP contribution in [0.2, 0.25) is 0 Å². The van der Waals surface area contributed by atoms with Crippen molar-refractivity contribution in [2.45, 2.75) is 38.8 Å². The molecule has 0 saturated carbocycles. The van der Waals surface area contributed by atoms with Gasteiger partial charge >= 0.3 is 0 Å². The zero-order chi connectivity index (χ0) is 24.5. The molecule has 0 radical (unpaired) electrons. The lowest BCUT2D eigenvalue weighted by Crippen LogP contribution is -2.45. The molecular formula is C29H35N5O2. The molecule has 0 unspecified atom stereocenters. The predicted molar refractivity (Wildman–Crippen MR) is 140 cm³/mol. The summed E-state index contributed by atoms with van der Waals surface area (Å²) in [6.07, 6.45) is 4.22. The minimum Gasteiger partial charge on any atom is -0.491 e. The van der Waals surface area contributed by atoms with E-state index in [1.807, 2.05) is 11.9 Å². The predicted octanol–water partition coefficient (Wildman–Crippen LogP) is 3.66. The van der Waals surface area contributed by atoms with E-state index in [4.69, 9.17) is 4.74 Å². The van der Waals surface area contributed by atoms with Crippen molar-refractivity contribution in [3.63, 3.8) is 0 Å². The fourth-order valence-corrected chi connectivity index (χ4v) is 5.88. The Bertz CT molecular complexity index is 1230. The molecule has 2 aromatic carbocycles. The smallest absolute Gasteiger partial charge is 0.272 e. The molecule has 36 heavy (non-hydrogen) atoms. The van der Waals surface area contributed by atoms with Crippen LogP contribution in [0.25, 0.3) is 0 Å². The Labute approximate surface area is 213 Å². The van der Waals surface area contributed by atoms with Gasteiger partial charge in [0.1, 0.15) is 18.1 Å². The van der Waals surface area contributed by atoms with Gasteiger partial charge in [-0.05, 0) is 55.5 Å². The first-order valence-electron chi connectivity index (χ1n) is 13.3. The van der Waals surface area contributed by atoms with Gasteiger partial charge in [-0.1, -0.05) is 24.3 Å². The highest BCUT2D eigenvalue weighted by molar-refractivity contribution is 5.94. The molecule has 0 bridgehead atoms. The lowest BCUT2D eigenvalue weighted by atomic mass is 9.95. The van der Waals surface area contributed by atoms with Gasteiger partial charge in [0.2, 0.25) is 0 Å². The van der Waals surface area contributed by atoms with Crippen LogP contribution in [0.3, 0.4) is 0 Å². The molecule has 6 rings (SSSR count). The lowest BCUT2D eigenvalue weighted by Gasteiger charge is -2.36. The van der Waals surface area contributed by atoms with Gasteiger partial charge < -0.3 is 14.5 Å². The second-order valence-corrected chi connectivity index (χ2v) is 10.2. The Morgan fingerprint density at radius 1 is 0.972 bits per heavy atom. The van der Waals surface area contributed by atoms with Crippen molar-refractivity contribution < 1.29 is 9.53 Å². The van der Waals surface area contributed by atoms with Crippen molar-refractivity contribution in [2.75, 3.05) is 44.2 Å². The number of aryl methyl sites for hydroxylation is 2. The average molecular weight is 486 g/mol. The van der Waals surface area contributed by atoms with Crippen molar-refractivity contribution in [3.8, 4) is 5.75 Å². The Morgan fingerprint density at radius 3 is 2.61 bits per heavy atom. The van der Waals surface area contributed by atoms with E-state index in [-0.39, 0.29) is 5.91 Å². The molecule has 1 aromatic heterocycles. The number of fused-ring (bicyclic) bond motifs is 2. The third-order valence-electron chi connectivity index (χ3n) is 7.81. The van der Waals surface area contributed by atoms with E-state index in [9.17, 15) is 4.79 Å². The SMILES string of the molecule is Cn1nc2c(c1C(=O)N1CCOc3ccc(CN4CCN(c5ccccc5)CC4)cc3C1)CCCC2. The van der Waals surface area contributed by atoms with Gasteiger partial charge in [-0.2, -0.15) is 5.10 Å². The number of carbonyl (C=O) groups is 1. The molecule has 3 aromatic rings. The second kappa shape index (κ2) is 9.97. The molecule has 0 N–H and O–H groups in total. The maximum atomic E-state index is 13.7. The van der Waals surface area contributed by atoms with Crippen LogP contribution < -0.4 is 9.64 Å². The van der Waals surface area contributed by atoms with Crippen molar-refractivity contribution >= 4 is 11.6 Å². The molecule has 1 aliphatic carbocycles. The summed E-state index contributed by atoms with van der Waals surface area (Å²) in [4.78, 5) is 20.6. The number of benzene rings is 2. The highest BCUT2D eigenvalue weighted by atomic mass is 16.5. The first-order valence-corrected chi connectivity index (χ1v) is 13.3. The van der Waals surface area contributed by atoms with E-state index < -0.39 is 0 Å². The molecule has 3 heterocycles. The van der Waals surface area contributed by atoms with Crippen LogP contribution in [0.1, 0.15) is 45.7 Å². The van der Waals surface area contributed by atoms with Gasteiger partial charge in [-0.3, -0.25) is 14.4 Å². The number of hydrogen-bond donors (Lipinski definition) is 0. The summed E-state index contributed by atoms with van der Waals surface area (Å²) in [6, 6.07) is 17.2. The average Bonchev–Trinajstić information content (AvgIpc) is 3.10. The molecule has 2 aliphatic heterocycles. The second-order valence-electron chi connectivity index (χ2n) is 10.2. The van der Waals surface area contributed by atoms with Crippen molar-refractivity contribution in [2.24, 2.45) is 7.05 Å². The molecule has 3 aliphatic rings. The highest BCUT2D eigenvalue weighted by Crippen LogP contribution is 2.29. The van der Waals surface area contributed by atoms with Crippen LogP contribution in [0.4, 0.5) is 5.69 Å². The van der Waals surface area contributed by atoms with Gasteiger partial charge in [-0.25, -0.2) is 0 Å². The van der Waals surface area contributed by atoms with E-state index in [0.29, 0.717) is 19.7 Å². The topological polar surface area (TPSA) is 53.8 Å². The molecule has 7 heteroatoms. The molecule has 7 nitrogen and oxygen atoms in total. The van der Waals surface area contributed by atoms with Crippen LogP contribution in [-0.4, -0.2) is 64.8 Å². The van der Waals surface area contributed by atoms with E-state index in [1.165, 1.54) is 11.3 Å². The largest absolute Gasteiger partial charge is 0.491 e. The number of amides is 1. The van der Waals surface area contributed by atoms with Crippen LogP contribution >= 0.6 is 0 Å². The third kappa shape index (κ3) is 4.60. The molecule has 1 saturated heterocycles. The molecule has 188 valence electrons. The van der Waals surface area contributed by atoms with Gasteiger partial charge in [0.15, 0.2) is 0 Å². The van der Waals surface area contributed by atoms with Crippen LogP contribution in [0.15, 0.2) is 48.5 Å². The van der Waals surface area contributed by atoms with E-state index in [1.54, 1.807) is 4.68 Å². The summed E-state index contributed by atoms with van der Waals surface area (Å²) in [5.41, 5.74) is 6.70. The van der Waals surface area contributed by atoms with Crippen molar-refractivity contribution in [1.29, 1.82) is 0 Å². The number of carbonyl (C=O) groups excluding carboxylic acids is 1. The summed E-state index contributed by atoms with van der Waals surface area (Å²) >= 11 is 0. The van der Waals surface area contributed by atoms with Gasteiger partial charge in [0.05, 0.1) is 12.2 Å². The number of ether oxygens (including phenoxy) is 1. The summed E-state index contributed by atoms with van der Waals surface area (Å²) in [5, 5.41) is 4.67. The Morgan fingerprint density at radius 2 is 1.78 bits per heavy atom. The highest BCUT2D eigenvalue weighted by Gasteiger charge is 2.29. The Hall–Kier alpha value is -3.32. The molecule has 0 spiro atoms. The van der Waals surface area contributed by atoms with Crippen LogP contribution in [-0.2, 0) is 33.0 Å². The van der Waals surface area contributed by atoms with Crippen LogP contribution in [0.5, 0.6) is 5.75 Å². The zero-order valence-electron chi connectivity index (χ0n) is 21.2. The minimum absolute atomic E-state index is 0.0760. The van der Waals surface area contributed by atoms with Gasteiger partial charge in [0, 0.05) is 63.1 Å². The molecular weight excluding hydrogens is 450 g/mol. The number of aromatic nitrogens is 2. The number of para-hydroxylation sites is 1. The maximum absolute atomic E-state index is 13.7. The van der Waals surface area contributed by atoms with Gasteiger partial charge in [-0.15, -0.1) is 0 Å². The Kier molecular flexibility index (Phi) is 6.40. The summed E-state index contributed by atoms with van der Waals surface area (Å²) in [7, 11) is 1.91. The molecule has 0 atom stereocenters. The van der Waals surface area contributed by atoms with Crippen molar-refractivity contribution in [1.82, 2.24) is 19.6 Å². The fourth-order valence-electron chi connectivity index (χ4n) is 5.88. The number of hydrogen-bond acceptors (Lipinski definition) is 5. The number of rotatable bonds is 4. The minimum atomic E-state index is 0.0760. The molecule has 1 amide bonds. The molecule has 1 fully saturated rings. The fraction of sp³-hybridized carbons (Fsp3) is 0.448. The number of piperazine rings is 1.